The third-order valence-electron chi connectivity index (χ3n) is 10.4. The number of imide groups is 1. The lowest BCUT2D eigenvalue weighted by Gasteiger charge is -2.36. The van der Waals surface area contributed by atoms with Crippen LogP contribution in [0.4, 0.5) is 28.9 Å². The van der Waals surface area contributed by atoms with Crippen molar-refractivity contribution in [2.24, 2.45) is 0 Å². The number of benzene rings is 3. The van der Waals surface area contributed by atoms with Gasteiger partial charge in [-0.3, -0.25) is 29.4 Å². The normalized spacial score (nSPS) is 15.8. The molecule has 0 saturated carbocycles. The molecule has 14 heteroatoms. The van der Waals surface area contributed by atoms with Crippen molar-refractivity contribution in [3.8, 4) is 18.1 Å². The topological polar surface area (TPSA) is 111 Å². The number of piperazine rings is 1. The van der Waals surface area contributed by atoms with E-state index in [0.717, 1.165) is 50.1 Å². The summed E-state index contributed by atoms with van der Waals surface area (Å²) in [6, 6.07) is 14.3. The zero-order chi connectivity index (χ0) is 40.2. The van der Waals surface area contributed by atoms with Crippen LogP contribution in [0.15, 0.2) is 54.6 Å². The van der Waals surface area contributed by atoms with Gasteiger partial charge in [-0.05, 0) is 99.5 Å². The number of carbonyl (C=O) groups is 4. The molecule has 0 radical (unpaired) electrons. The van der Waals surface area contributed by atoms with Crippen LogP contribution in [0.5, 0.6) is 5.75 Å². The number of hydrogen-bond acceptors (Lipinski definition) is 8. The Bertz CT molecular complexity index is 1880. The fourth-order valence-electron chi connectivity index (χ4n) is 7.21. The van der Waals surface area contributed by atoms with Crippen molar-refractivity contribution in [2.75, 3.05) is 62.2 Å². The third kappa shape index (κ3) is 11.1. The molecule has 3 aromatic rings. The van der Waals surface area contributed by atoms with Crippen molar-refractivity contribution >= 4 is 35.9 Å². The zero-order valence-corrected chi connectivity index (χ0v) is 31.4. The average Bonchev–Trinajstić information content (AvgIpc) is 3.20. The van der Waals surface area contributed by atoms with Crippen molar-refractivity contribution in [3.63, 3.8) is 0 Å². The van der Waals surface area contributed by atoms with Gasteiger partial charge in [0.05, 0.1) is 23.4 Å². The monoisotopic (exact) mass is 777 g/mol. The summed E-state index contributed by atoms with van der Waals surface area (Å²) in [6.45, 7) is 6.91. The summed E-state index contributed by atoms with van der Waals surface area (Å²) in [7, 11) is 0. The van der Waals surface area contributed by atoms with Crippen LogP contribution in [0.3, 0.4) is 0 Å². The van der Waals surface area contributed by atoms with Crippen molar-refractivity contribution in [3.05, 3.63) is 88.2 Å². The molecule has 3 aromatic carbocycles. The first-order valence-corrected chi connectivity index (χ1v) is 18.9. The van der Waals surface area contributed by atoms with E-state index in [9.17, 15) is 32.3 Å². The highest BCUT2D eigenvalue weighted by atomic mass is 19.4. The number of alkyl halides is 3. The molecule has 1 atom stereocenters. The molecule has 0 aliphatic carbocycles. The molecule has 56 heavy (non-hydrogen) atoms. The molecule has 2 heterocycles. The Kier molecular flexibility index (Phi) is 14.5. The van der Waals surface area contributed by atoms with E-state index in [1.54, 1.807) is 13.0 Å². The van der Waals surface area contributed by atoms with Crippen LogP contribution in [0, 0.1) is 18.2 Å². The van der Waals surface area contributed by atoms with E-state index in [0.29, 0.717) is 63.8 Å². The van der Waals surface area contributed by atoms with Gasteiger partial charge in [-0.1, -0.05) is 18.1 Å². The molecule has 2 aliphatic heterocycles. The maximum Gasteiger partial charge on any atom is 0.417 e. The van der Waals surface area contributed by atoms with Gasteiger partial charge in [0.15, 0.2) is 6.29 Å². The Morgan fingerprint density at radius 3 is 2.32 bits per heavy atom. The Morgan fingerprint density at radius 1 is 0.964 bits per heavy atom. The number of ether oxygens (including phenoxy) is 1. The number of nitrogens with zero attached hydrogens (tertiary/aromatic N) is 3. The number of amides is 3. The van der Waals surface area contributed by atoms with Crippen molar-refractivity contribution < 1.29 is 41.5 Å². The summed E-state index contributed by atoms with van der Waals surface area (Å²) in [5, 5.41) is 4.70. The van der Waals surface area contributed by atoms with Gasteiger partial charge in [0.1, 0.15) is 11.6 Å². The van der Waals surface area contributed by atoms with Gasteiger partial charge in [0.2, 0.25) is 12.3 Å². The van der Waals surface area contributed by atoms with Crippen molar-refractivity contribution in [1.82, 2.24) is 15.5 Å². The SMILES string of the molecule is C#Cc1ccc(N2CCC(c3ccc(OCCCCN4CCN(c5cc(C=O)c(C(=O)NC(C)CCC(=O)NC=O)cc5F)CC4)cc3)CC2)cc1C(F)(F)F. The van der Waals surface area contributed by atoms with Crippen molar-refractivity contribution in [2.45, 2.75) is 63.6 Å². The van der Waals surface area contributed by atoms with Gasteiger partial charge in [0.25, 0.3) is 5.91 Å². The van der Waals surface area contributed by atoms with Crippen LogP contribution in [0.25, 0.3) is 0 Å². The van der Waals surface area contributed by atoms with Crippen LogP contribution < -0.4 is 25.2 Å². The average molecular weight is 778 g/mol. The molecule has 0 aromatic heterocycles. The summed E-state index contributed by atoms with van der Waals surface area (Å²) >= 11 is 0. The molecule has 2 aliphatic rings. The number of anilines is 2. The minimum atomic E-state index is -4.50. The van der Waals surface area contributed by atoms with Crippen LogP contribution in [-0.4, -0.2) is 87.9 Å². The first-order valence-electron chi connectivity index (χ1n) is 18.9. The predicted molar refractivity (Wildman–Crippen MR) is 206 cm³/mol. The smallest absolute Gasteiger partial charge is 0.417 e. The van der Waals surface area contributed by atoms with Gasteiger partial charge in [-0.25, -0.2) is 4.39 Å². The van der Waals surface area contributed by atoms with Gasteiger partial charge in [-0.2, -0.15) is 13.2 Å². The maximum atomic E-state index is 15.3. The highest BCUT2D eigenvalue weighted by molar-refractivity contribution is 6.02. The summed E-state index contributed by atoms with van der Waals surface area (Å²) < 4.78 is 61.8. The first kappa shape index (κ1) is 41.7. The molecule has 2 N–H and O–H groups in total. The lowest BCUT2D eigenvalue weighted by Crippen LogP contribution is -2.47. The number of unbranched alkanes of at least 4 members (excludes halogenated alkanes) is 1. The molecule has 0 spiro atoms. The van der Waals surface area contributed by atoms with Crippen molar-refractivity contribution in [1.29, 1.82) is 0 Å². The summed E-state index contributed by atoms with van der Waals surface area (Å²) in [4.78, 5) is 52.8. The Balaban J connectivity index is 1.00. The quantitative estimate of drug-likeness (QED) is 0.0770. The summed E-state index contributed by atoms with van der Waals surface area (Å²) in [5.41, 5.74) is 1.03. The molecule has 0 bridgehead atoms. The van der Waals surface area contributed by atoms with Gasteiger partial charge in [-0.15, -0.1) is 6.42 Å². The van der Waals surface area contributed by atoms with Crippen LogP contribution in [0.2, 0.25) is 0 Å². The third-order valence-corrected chi connectivity index (χ3v) is 10.4. The lowest BCUT2D eigenvalue weighted by atomic mass is 9.89. The zero-order valence-electron chi connectivity index (χ0n) is 31.4. The van der Waals surface area contributed by atoms with Crippen LogP contribution in [0.1, 0.15) is 88.8 Å². The molecule has 5 rings (SSSR count). The number of halogens is 4. The largest absolute Gasteiger partial charge is 0.494 e. The van der Waals surface area contributed by atoms with E-state index < -0.39 is 35.4 Å². The van der Waals surface area contributed by atoms with E-state index >= 15 is 4.39 Å². The number of rotatable bonds is 16. The Morgan fingerprint density at radius 2 is 1.68 bits per heavy atom. The molecule has 1 unspecified atom stereocenters. The van der Waals surface area contributed by atoms with E-state index in [-0.39, 0.29) is 41.6 Å². The molecule has 3 amide bonds. The second kappa shape index (κ2) is 19.4. The lowest BCUT2D eigenvalue weighted by molar-refractivity contribution is -0.137. The van der Waals surface area contributed by atoms with Gasteiger partial charge in [0, 0.05) is 68.5 Å². The fourth-order valence-corrected chi connectivity index (χ4v) is 7.21. The Labute approximate surface area is 324 Å². The van der Waals surface area contributed by atoms with Crippen LogP contribution in [-0.2, 0) is 15.8 Å². The minimum absolute atomic E-state index is 0.0174. The summed E-state index contributed by atoms with van der Waals surface area (Å²) in [5.74, 6) is 1.52. The van der Waals surface area contributed by atoms with E-state index in [1.165, 1.54) is 17.7 Å². The number of hydrogen-bond donors (Lipinski definition) is 2. The number of aldehydes is 1. The Hall–Kier alpha value is -5.42. The van der Waals surface area contributed by atoms with Gasteiger partial charge >= 0.3 is 6.18 Å². The predicted octanol–water partition coefficient (Wildman–Crippen LogP) is 6.17. The highest BCUT2D eigenvalue weighted by Gasteiger charge is 2.34. The van der Waals surface area contributed by atoms with E-state index in [1.807, 2.05) is 27.2 Å². The second-order valence-corrected chi connectivity index (χ2v) is 14.2. The molecule has 2 fully saturated rings. The number of carbonyl (C=O) groups excluding carboxylic acids is 4. The van der Waals surface area contributed by atoms with E-state index in [2.05, 4.69) is 28.3 Å². The van der Waals surface area contributed by atoms with Gasteiger partial charge < -0.3 is 19.9 Å². The molecular weight excluding hydrogens is 730 g/mol. The highest BCUT2D eigenvalue weighted by Crippen LogP contribution is 2.37. The molecular formula is C42H47F4N5O5. The number of piperidine rings is 1. The standard InChI is InChI=1S/C42H47F4N5O5/c1-3-30-7-10-34(25-37(30)42(44,45)46)50-17-14-32(15-18-50)31-8-11-35(12-9-31)56-23-5-4-16-49-19-21-51(22-20-49)39-24-33(27-52)36(26-38(39)43)41(55)48-29(2)6-13-40(54)47-28-53/h1,7-12,24-29,32H,4-6,13-23H2,2H3,(H,48,55)(H,47,53,54). The number of terminal acetylenes is 1. The maximum absolute atomic E-state index is 15.3. The minimum Gasteiger partial charge on any atom is -0.494 e. The molecule has 298 valence electrons. The first-order chi connectivity index (χ1) is 26.9. The number of nitrogens with one attached hydrogen (secondary N) is 2. The molecule has 10 nitrogen and oxygen atoms in total. The summed E-state index contributed by atoms with van der Waals surface area (Å²) in [6.07, 6.45) is 5.29. The van der Waals surface area contributed by atoms with Crippen LogP contribution >= 0.6 is 0 Å². The second-order valence-electron chi connectivity index (χ2n) is 14.2. The van der Waals surface area contributed by atoms with E-state index in [4.69, 9.17) is 11.2 Å². The fraction of sp³-hybridized carbons (Fsp3) is 0.429. The molecule has 2 saturated heterocycles.